The molecule has 2 atom stereocenters. The van der Waals surface area contributed by atoms with Gasteiger partial charge in [-0.1, -0.05) is 115 Å². The summed E-state index contributed by atoms with van der Waals surface area (Å²) in [6.07, 6.45) is -0.195. The Morgan fingerprint density at radius 1 is 0.500 bits per heavy atom. The van der Waals surface area contributed by atoms with Crippen LogP contribution in [0.5, 0.6) is 0 Å². The first-order chi connectivity index (χ1) is 21.8. The summed E-state index contributed by atoms with van der Waals surface area (Å²) in [5.41, 5.74) is 5.99. The lowest BCUT2D eigenvalue weighted by atomic mass is 9.98. The molecule has 3 nitrogen and oxygen atoms in total. The van der Waals surface area contributed by atoms with Crippen molar-refractivity contribution in [1.29, 1.82) is 0 Å². The monoisotopic (exact) mass is 601 g/mol. The van der Waals surface area contributed by atoms with Crippen LogP contribution in [0.4, 0.5) is 0 Å². The maximum absolute atomic E-state index is 5.16. The molecule has 0 saturated heterocycles. The lowest BCUT2D eigenvalue weighted by molar-refractivity contribution is 0.409. The van der Waals surface area contributed by atoms with Crippen molar-refractivity contribution >= 4 is 68.9 Å². The fourth-order valence-electron chi connectivity index (χ4n) is 6.44. The van der Waals surface area contributed by atoms with E-state index in [1.165, 1.54) is 57.0 Å². The van der Waals surface area contributed by atoms with Crippen molar-refractivity contribution in [3.05, 3.63) is 156 Å². The number of aliphatic imine (C=N–C) groups is 1. The van der Waals surface area contributed by atoms with Gasteiger partial charge in [0.15, 0.2) is 0 Å². The quantitative estimate of drug-likeness (QED) is 0.211. The van der Waals surface area contributed by atoms with Crippen LogP contribution in [0.25, 0.3) is 51.5 Å². The van der Waals surface area contributed by atoms with Crippen LogP contribution in [-0.4, -0.2) is 5.84 Å². The van der Waals surface area contributed by atoms with E-state index >= 15 is 0 Å². The maximum atomic E-state index is 5.16. The van der Waals surface area contributed by atoms with Crippen LogP contribution in [0.3, 0.4) is 0 Å². The van der Waals surface area contributed by atoms with Crippen molar-refractivity contribution in [1.82, 2.24) is 10.6 Å². The summed E-state index contributed by atoms with van der Waals surface area (Å²) in [6.45, 7) is 0. The summed E-state index contributed by atoms with van der Waals surface area (Å²) in [7, 11) is 0. The Hall–Kier alpha value is -4.81. The summed E-state index contributed by atoms with van der Waals surface area (Å²) < 4.78 is 5.24. The molecule has 9 rings (SSSR count). The molecule has 0 bridgehead atoms. The van der Waals surface area contributed by atoms with Crippen LogP contribution in [0.2, 0.25) is 0 Å². The highest BCUT2D eigenvalue weighted by Gasteiger charge is 2.25. The molecule has 8 aromatic rings. The summed E-state index contributed by atoms with van der Waals surface area (Å²) in [6, 6.07) is 50.2. The minimum absolute atomic E-state index is 0.0505. The SMILES string of the molecule is c1ccc(C2N=C(c3ccc4c(c3)sc3cc(-c5cccc6sc7ccccc7c56)ccc34)NC(c3ccccc3)N2)cc1. The van der Waals surface area contributed by atoms with Gasteiger partial charge in [0.05, 0.1) is 0 Å². The van der Waals surface area contributed by atoms with E-state index in [1.807, 2.05) is 28.7 Å². The van der Waals surface area contributed by atoms with Gasteiger partial charge in [0.2, 0.25) is 0 Å². The molecule has 2 aromatic heterocycles. The largest absolute Gasteiger partial charge is 0.350 e. The number of hydrogen-bond acceptors (Lipinski definition) is 5. The third kappa shape index (κ3) is 4.32. The van der Waals surface area contributed by atoms with Crippen molar-refractivity contribution in [2.75, 3.05) is 0 Å². The fourth-order valence-corrected chi connectivity index (χ4v) is 8.75. The van der Waals surface area contributed by atoms with Crippen LogP contribution in [-0.2, 0) is 0 Å². The Bertz CT molecular complexity index is 2350. The zero-order valence-electron chi connectivity index (χ0n) is 23.7. The van der Waals surface area contributed by atoms with E-state index in [9.17, 15) is 0 Å². The third-order valence-electron chi connectivity index (χ3n) is 8.57. The molecule has 0 aliphatic carbocycles. The van der Waals surface area contributed by atoms with Gasteiger partial charge >= 0.3 is 0 Å². The molecule has 3 heterocycles. The minimum Gasteiger partial charge on any atom is -0.350 e. The smallest absolute Gasteiger partial charge is 0.131 e. The number of nitrogens with zero attached hydrogens (tertiary/aromatic N) is 1. The first-order valence-corrected chi connectivity index (χ1v) is 16.5. The number of benzene rings is 6. The summed E-state index contributed by atoms with van der Waals surface area (Å²) in [4.78, 5) is 5.16. The zero-order valence-corrected chi connectivity index (χ0v) is 25.3. The Morgan fingerprint density at radius 2 is 1.14 bits per heavy atom. The van der Waals surface area contributed by atoms with E-state index < -0.39 is 0 Å². The van der Waals surface area contributed by atoms with Crippen LogP contribution in [0.1, 0.15) is 29.0 Å². The van der Waals surface area contributed by atoms with Gasteiger partial charge in [-0.3, -0.25) is 5.32 Å². The third-order valence-corrected chi connectivity index (χ3v) is 10.8. The number of fused-ring (bicyclic) bond motifs is 6. The number of amidine groups is 1. The summed E-state index contributed by atoms with van der Waals surface area (Å²) >= 11 is 3.73. The average Bonchev–Trinajstić information content (AvgIpc) is 3.66. The molecule has 0 saturated carbocycles. The van der Waals surface area contributed by atoms with E-state index in [1.54, 1.807) is 0 Å². The van der Waals surface area contributed by atoms with Gasteiger partial charge in [0.1, 0.15) is 18.2 Å². The molecule has 2 N–H and O–H groups in total. The highest BCUT2D eigenvalue weighted by Crippen LogP contribution is 2.42. The lowest BCUT2D eigenvalue weighted by Gasteiger charge is -2.32. The Kier molecular flexibility index (Phi) is 6.08. The second kappa shape index (κ2) is 10.4. The van der Waals surface area contributed by atoms with Crippen LogP contribution < -0.4 is 10.6 Å². The molecule has 0 radical (unpaired) electrons. The van der Waals surface area contributed by atoms with Crippen molar-refractivity contribution in [3.63, 3.8) is 0 Å². The Balaban J connectivity index is 1.13. The topological polar surface area (TPSA) is 36.4 Å². The molecule has 5 heteroatoms. The molecule has 2 unspecified atom stereocenters. The molecule has 210 valence electrons. The number of hydrogen-bond donors (Lipinski definition) is 2. The summed E-state index contributed by atoms with van der Waals surface area (Å²) in [5, 5.41) is 12.7. The number of rotatable bonds is 4. The van der Waals surface area contributed by atoms with Crippen LogP contribution in [0.15, 0.2) is 145 Å². The van der Waals surface area contributed by atoms with Crippen molar-refractivity contribution < 1.29 is 0 Å². The lowest BCUT2D eigenvalue weighted by Crippen LogP contribution is -2.44. The number of thiophene rings is 2. The summed E-state index contributed by atoms with van der Waals surface area (Å²) in [5.74, 6) is 0.905. The van der Waals surface area contributed by atoms with E-state index in [0.29, 0.717) is 0 Å². The second-order valence-corrected chi connectivity index (χ2v) is 13.4. The van der Waals surface area contributed by atoms with Gasteiger partial charge in [0.25, 0.3) is 0 Å². The van der Waals surface area contributed by atoms with Gasteiger partial charge in [-0.15, -0.1) is 22.7 Å². The van der Waals surface area contributed by atoms with Gasteiger partial charge in [0, 0.05) is 45.9 Å². The molecular weight excluding hydrogens is 575 g/mol. The van der Waals surface area contributed by atoms with Crippen LogP contribution >= 0.6 is 22.7 Å². The van der Waals surface area contributed by atoms with Gasteiger partial charge in [-0.25, -0.2) is 4.99 Å². The molecule has 1 aliphatic heterocycles. The van der Waals surface area contributed by atoms with Gasteiger partial charge < -0.3 is 5.32 Å². The average molecular weight is 602 g/mol. The highest BCUT2D eigenvalue weighted by molar-refractivity contribution is 7.26. The first-order valence-electron chi connectivity index (χ1n) is 14.9. The van der Waals surface area contributed by atoms with E-state index in [4.69, 9.17) is 4.99 Å². The molecule has 0 spiro atoms. The van der Waals surface area contributed by atoms with E-state index in [2.05, 4.69) is 144 Å². The molecule has 1 aliphatic rings. The van der Waals surface area contributed by atoms with Crippen molar-refractivity contribution in [3.8, 4) is 11.1 Å². The van der Waals surface area contributed by atoms with Crippen LogP contribution in [0, 0.1) is 0 Å². The van der Waals surface area contributed by atoms with E-state index in [0.717, 1.165) is 17.0 Å². The Labute approximate surface area is 263 Å². The fraction of sp³-hybridized carbons (Fsp3) is 0.0513. The molecule has 0 fully saturated rings. The normalized spacial score (nSPS) is 16.9. The standard InChI is InChI=1S/C39H27N3S2/c1-3-10-24(11-4-1)37-40-38(25-12-5-2-6-13-25)42-39(41-37)27-19-21-30-29-20-18-26(22-34(29)44-35(30)23-27)28-15-9-17-33-36(28)31-14-7-8-16-32(31)43-33/h1-23,37-38,40H,(H,41,42). The van der Waals surface area contributed by atoms with Crippen molar-refractivity contribution in [2.24, 2.45) is 4.99 Å². The molecule has 44 heavy (non-hydrogen) atoms. The zero-order chi connectivity index (χ0) is 29.0. The van der Waals surface area contributed by atoms with Gasteiger partial charge in [-0.2, -0.15) is 0 Å². The second-order valence-electron chi connectivity index (χ2n) is 11.2. The van der Waals surface area contributed by atoms with E-state index in [-0.39, 0.29) is 12.3 Å². The van der Waals surface area contributed by atoms with Gasteiger partial charge in [-0.05, 0) is 46.5 Å². The highest BCUT2D eigenvalue weighted by atomic mass is 32.1. The Morgan fingerprint density at radius 3 is 1.93 bits per heavy atom. The molecule has 6 aromatic carbocycles. The molecular formula is C39H27N3S2. The number of nitrogens with one attached hydrogen (secondary N) is 2. The predicted molar refractivity (Wildman–Crippen MR) is 189 cm³/mol. The predicted octanol–water partition coefficient (Wildman–Crippen LogP) is 10.4. The first kappa shape index (κ1) is 25.7. The van der Waals surface area contributed by atoms with Crippen molar-refractivity contribution in [2.45, 2.75) is 12.3 Å². The minimum atomic E-state index is -0.144. The maximum Gasteiger partial charge on any atom is 0.131 e. The molecule has 0 amide bonds.